The Labute approximate surface area is 174 Å². The monoisotopic (exact) mass is 404 g/mol. The van der Waals surface area contributed by atoms with Gasteiger partial charge in [-0.05, 0) is 54.8 Å². The van der Waals surface area contributed by atoms with E-state index >= 15 is 0 Å². The molecule has 0 aromatic heterocycles. The summed E-state index contributed by atoms with van der Waals surface area (Å²) in [5.74, 6) is -0.968. The van der Waals surface area contributed by atoms with Crippen LogP contribution in [-0.2, 0) is 11.2 Å². The number of carbonyl (C=O) groups is 2. The summed E-state index contributed by atoms with van der Waals surface area (Å²) in [6.45, 7) is 0.305. The van der Waals surface area contributed by atoms with E-state index in [-0.39, 0.29) is 18.3 Å². The number of rotatable bonds is 5. The van der Waals surface area contributed by atoms with Crippen molar-refractivity contribution in [3.05, 3.63) is 89.7 Å². The molecule has 4 rings (SSSR count). The quantitative estimate of drug-likeness (QED) is 0.684. The predicted molar refractivity (Wildman–Crippen MR) is 113 cm³/mol. The fraction of sp³-hybridized carbons (Fsp3) is 0.167. The Morgan fingerprint density at radius 3 is 2.57 bits per heavy atom. The van der Waals surface area contributed by atoms with Gasteiger partial charge in [-0.3, -0.25) is 9.59 Å². The number of carbonyl (C=O) groups excluding carboxylic acids is 2. The molecule has 6 heteroatoms. The zero-order chi connectivity index (χ0) is 20.9. The lowest BCUT2D eigenvalue weighted by molar-refractivity contribution is -0.118. The first-order chi connectivity index (χ1) is 14.6. The lowest BCUT2D eigenvalue weighted by Crippen LogP contribution is -2.35. The Morgan fingerprint density at radius 1 is 1.00 bits per heavy atom. The maximum Gasteiger partial charge on any atom is 0.262 e. The van der Waals surface area contributed by atoms with Gasteiger partial charge < -0.3 is 15.0 Å². The number of halogens is 1. The molecule has 152 valence electrons. The lowest BCUT2D eigenvalue weighted by Gasteiger charge is -2.30. The molecule has 30 heavy (non-hydrogen) atoms. The average Bonchev–Trinajstić information content (AvgIpc) is 2.78. The van der Waals surface area contributed by atoms with Crippen molar-refractivity contribution in [2.75, 3.05) is 23.4 Å². The number of nitrogens with zero attached hydrogens (tertiary/aromatic N) is 1. The number of para-hydroxylation sites is 1. The fourth-order valence-electron chi connectivity index (χ4n) is 3.50. The smallest absolute Gasteiger partial charge is 0.262 e. The Morgan fingerprint density at radius 2 is 1.77 bits per heavy atom. The summed E-state index contributed by atoms with van der Waals surface area (Å²) in [6.07, 6.45) is 1.76. The first-order valence-electron chi connectivity index (χ1n) is 9.79. The molecule has 0 unspecified atom stereocenters. The molecule has 3 aromatic rings. The summed E-state index contributed by atoms with van der Waals surface area (Å²) in [6, 6.07) is 20.6. The van der Waals surface area contributed by atoms with Crippen LogP contribution in [0, 0.1) is 5.82 Å². The molecule has 1 aliphatic rings. The van der Waals surface area contributed by atoms with Crippen molar-refractivity contribution in [1.82, 2.24) is 0 Å². The molecule has 0 bridgehead atoms. The first-order valence-corrected chi connectivity index (χ1v) is 9.79. The van der Waals surface area contributed by atoms with Crippen LogP contribution in [0.1, 0.15) is 22.3 Å². The molecular weight excluding hydrogens is 383 g/mol. The van der Waals surface area contributed by atoms with E-state index in [4.69, 9.17) is 4.74 Å². The molecule has 2 amide bonds. The zero-order valence-corrected chi connectivity index (χ0v) is 16.3. The molecule has 0 saturated carbocycles. The van der Waals surface area contributed by atoms with Crippen LogP contribution < -0.4 is 15.0 Å². The third-order valence-electron chi connectivity index (χ3n) is 4.95. The number of hydrogen-bond donors (Lipinski definition) is 1. The van der Waals surface area contributed by atoms with E-state index in [9.17, 15) is 14.0 Å². The number of anilines is 2. The highest BCUT2D eigenvalue weighted by Crippen LogP contribution is 2.31. The van der Waals surface area contributed by atoms with Gasteiger partial charge in [0.1, 0.15) is 0 Å². The maximum absolute atomic E-state index is 13.6. The van der Waals surface area contributed by atoms with Crippen molar-refractivity contribution in [2.24, 2.45) is 0 Å². The summed E-state index contributed by atoms with van der Waals surface area (Å²) in [5.41, 5.74) is 3.04. The number of nitrogens with one attached hydrogen (secondary N) is 1. The van der Waals surface area contributed by atoms with E-state index in [0.29, 0.717) is 17.8 Å². The van der Waals surface area contributed by atoms with Crippen molar-refractivity contribution < 1.29 is 18.7 Å². The topological polar surface area (TPSA) is 58.6 Å². The molecule has 1 N–H and O–H groups in total. The molecule has 0 radical (unpaired) electrons. The highest BCUT2D eigenvalue weighted by Gasteiger charge is 2.24. The number of ether oxygens (including phenoxy) is 1. The largest absolute Gasteiger partial charge is 0.481 e. The summed E-state index contributed by atoms with van der Waals surface area (Å²) < 4.78 is 18.9. The Hall–Kier alpha value is -3.67. The summed E-state index contributed by atoms with van der Waals surface area (Å²) >= 11 is 0. The van der Waals surface area contributed by atoms with Crippen molar-refractivity contribution in [2.45, 2.75) is 12.8 Å². The molecular formula is C24H21FN2O3. The van der Waals surface area contributed by atoms with Gasteiger partial charge in [-0.1, -0.05) is 36.4 Å². The van der Waals surface area contributed by atoms with Gasteiger partial charge in [-0.25, -0.2) is 4.39 Å². The average molecular weight is 404 g/mol. The third-order valence-corrected chi connectivity index (χ3v) is 4.95. The number of aryl methyl sites for hydroxylation is 1. The van der Waals surface area contributed by atoms with Gasteiger partial charge in [0.15, 0.2) is 18.2 Å². The number of hydrogen-bond acceptors (Lipinski definition) is 3. The number of fused-ring (bicyclic) bond motifs is 1. The van der Waals surface area contributed by atoms with E-state index in [1.807, 2.05) is 24.3 Å². The van der Waals surface area contributed by atoms with Crippen LogP contribution >= 0.6 is 0 Å². The van der Waals surface area contributed by atoms with E-state index < -0.39 is 11.7 Å². The fourth-order valence-corrected chi connectivity index (χ4v) is 3.50. The van der Waals surface area contributed by atoms with Gasteiger partial charge in [0, 0.05) is 23.5 Å². The normalized spacial score (nSPS) is 12.8. The molecule has 0 atom stereocenters. The van der Waals surface area contributed by atoms with E-state index in [1.54, 1.807) is 41.3 Å². The van der Waals surface area contributed by atoms with E-state index in [2.05, 4.69) is 5.32 Å². The lowest BCUT2D eigenvalue weighted by atomic mass is 10.00. The molecule has 5 nitrogen and oxygen atoms in total. The minimum Gasteiger partial charge on any atom is -0.481 e. The highest BCUT2D eigenvalue weighted by atomic mass is 19.1. The Bertz CT molecular complexity index is 1070. The highest BCUT2D eigenvalue weighted by molar-refractivity contribution is 6.07. The van der Waals surface area contributed by atoms with Gasteiger partial charge in [-0.15, -0.1) is 0 Å². The van der Waals surface area contributed by atoms with Crippen molar-refractivity contribution >= 4 is 23.2 Å². The zero-order valence-electron chi connectivity index (χ0n) is 16.3. The molecule has 3 aromatic carbocycles. The molecule has 1 heterocycles. The molecule has 0 aliphatic carbocycles. The van der Waals surface area contributed by atoms with Crippen LogP contribution in [0.2, 0.25) is 0 Å². The van der Waals surface area contributed by atoms with Crippen LogP contribution in [0.15, 0.2) is 72.8 Å². The second-order valence-corrected chi connectivity index (χ2v) is 7.04. The first kappa shape index (κ1) is 19.6. The van der Waals surface area contributed by atoms with Crippen LogP contribution in [-0.4, -0.2) is 25.0 Å². The predicted octanol–water partition coefficient (Wildman–Crippen LogP) is 4.44. The Kier molecular flexibility index (Phi) is 5.75. The van der Waals surface area contributed by atoms with Gasteiger partial charge in [0.25, 0.3) is 11.8 Å². The molecule has 1 aliphatic heterocycles. The van der Waals surface area contributed by atoms with Crippen molar-refractivity contribution in [3.63, 3.8) is 0 Å². The maximum atomic E-state index is 13.6. The minimum atomic E-state index is -0.519. The van der Waals surface area contributed by atoms with E-state index in [1.165, 1.54) is 12.1 Å². The molecule has 0 spiro atoms. The number of benzene rings is 3. The van der Waals surface area contributed by atoms with Crippen molar-refractivity contribution in [3.8, 4) is 5.75 Å². The molecule has 0 fully saturated rings. The summed E-state index contributed by atoms with van der Waals surface area (Å²) in [5, 5.41) is 2.76. The third kappa shape index (κ3) is 4.33. The minimum absolute atomic E-state index is 0.0257. The van der Waals surface area contributed by atoms with Gasteiger partial charge >= 0.3 is 0 Å². The van der Waals surface area contributed by atoms with Crippen LogP contribution in [0.25, 0.3) is 0 Å². The second-order valence-electron chi connectivity index (χ2n) is 7.04. The molecule has 0 saturated heterocycles. The standard InChI is InChI=1S/C24H21FN2O3/c25-20-10-4-5-11-22(20)30-16-23(28)26-19-13-12-17-9-6-14-27(21(17)15-19)24(29)18-7-2-1-3-8-18/h1-5,7-8,10-13,15H,6,9,14,16H2,(H,26,28). The van der Waals surface area contributed by atoms with Crippen molar-refractivity contribution in [1.29, 1.82) is 0 Å². The van der Waals surface area contributed by atoms with Crippen LogP contribution in [0.4, 0.5) is 15.8 Å². The van der Waals surface area contributed by atoms with Crippen LogP contribution in [0.5, 0.6) is 5.75 Å². The second kappa shape index (κ2) is 8.78. The summed E-state index contributed by atoms with van der Waals surface area (Å²) in [7, 11) is 0. The van der Waals surface area contributed by atoms with Gasteiger partial charge in [0.05, 0.1) is 0 Å². The SMILES string of the molecule is O=C(COc1ccccc1F)Nc1ccc2c(c1)N(C(=O)c1ccccc1)CCC2. The van der Waals surface area contributed by atoms with Crippen LogP contribution in [0.3, 0.4) is 0 Å². The number of amides is 2. The van der Waals surface area contributed by atoms with Gasteiger partial charge in [0.2, 0.25) is 0 Å². The van der Waals surface area contributed by atoms with Gasteiger partial charge in [-0.2, -0.15) is 0 Å². The summed E-state index contributed by atoms with van der Waals surface area (Å²) in [4.78, 5) is 27.0. The Balaban J connectivity index is 1.48. The van der Waals surface area contributed by atoms with E-state index in [0.717, 1.165) is 24.1 Å².